The van der Waals surface area contributed by atoms with Crippen LogP contribution in [0.25, 0.3) is 0 Å². The fraction of sp³-hybridized carbons (Fsp3) is 0.706. The van der Waals surface area contributed by atoms with E-state index in [4.69, 9.17) is 0 Å². The lowest BCUT2D eigenvalue weighted by Gasteiger charge is -2.31. The van der Waals surface area contributed by atoms with Gasteiger partial charge in [-0.25, -0.2) is 0 Å². The van der Waals surface area contributed by atoms with Gasteiger partial charge in [0.2, 0.25) is 5.91 Å². The zero-order valence-electron chi connectivity index (χ0n) is 14.0. The van der Waals surface area contributed by atoms with E-state index in [1.54, 1.807) is 11.3 Å². The van der Waals surface area contributed by atoms with Gasteiger partial charge in [-0.05, 0) is 42.7 Å². The molecule has 3 unspecified atom stereocenters. The minimum atomic E-state index is -0.290. The third-order valence-corrected chi connectivity index (χ3v) is 5.29. The number of likely N-dealkylation sites (tertiary alicyclic amines) is 1. The van der Waals surface area contributed by atoms with Crippen molar-refractivity contribution in [3.63, 3.8) is 0 Å². The fourth-order valence-electron chi connectivity index (χ4n) is 2.98. The molecule has 1 aromatic rings. The van der Waals surface area contributed by atoms with Gasteiger partial charge in [0.1, 0.15) is 0 Å². The summed E-state index contributed by atoms with van der Waals surface area (Å²) in [5.74, 6) is 0.364. The number of amides is 1. The number of rotatable bonds is 5. The highest BCUT2D eigenvalue weighted by atomic mass is 32.1. The minimum absolute atomic E-state index is 0.0202. The molecule has 1 amide bonds. The number of hydrogen-bond donors (Lipinski definition) is 2. The normalized spacial score (nSPS) is 22.5. The van der Waals surface area contributed by atoms with Crippen molar-refractivity contribution in [2.45, 2.75) is 46.3 Å². The summed E-state index contributed by atoms with van der Waals surface area (Å²) >= 11 is 1.69. The van der Waals surface area contributed by atoms with Crippen molar-refractivity contribution < 1.29 is 9.90 Å². The van der Waals surface area contributed by atoms with Gasteiger partial charge in [-0.15, -0.1) is 11.3 Å². The lowest BCUT2D eigenvalue weighted by molar-refractivity contribution is -0.123. The van der Waals surface area contributed by atoms with Crippen molar-refractivity contribution in [2.75, 3.05) is 19.6 Å². The number of nitrogens with zero attached hydrogens (tertiary/aromatic N) is 1. The van der Waals surface area contributed by atoms with E-state index in [0.717, 1.165) is 19.5 Å². The van der Waals surface area contributed by atoms with E-state index in [2.05, 4.69) is 37.1 Å². The van der Waals surface area contributed by atoms with Crippen molar-refractivity contribution in [1.29, 1.82) is 0 Å². The first-order valence-corrected chi connectivity index (χ1v) is 8.88. The largest absolute Gasteiger partial charge is 0.393 e. The van der Waals surface area contributed by atoms with Crippen LogP contribution in [-0.4, -0.2) is 41.7 Å². The van der Waals surface area contributed by atoms with Crippen LogP contribution < -0.4 is 5.32 Å². The highest BCUT2D eigenvalue weighted by Crippen LogP contribution is 2.35. The molecule has 2 N–H and O–H groups in total. The molecule has 0 bridgehead atoms. The fourth-order valence-corrected chi connectivity index (χ4v) is 4.00. The molecule has 0 saturated carbocycles. The van der Waals surface area contributed by atoms with Crippen LogP contribution in [0.4, 0.5) is 0 Å². The summed E-state index contributed by atoms with van der Waals surface area (Å²) in [5.41, 5.74) is -0.0202. The molecule has 22 heavy (non-hydrogen) atoms. The minimum Gasteiger partial charge on any atom is -0.393 e. The number of carbonyl (C=O) groups excluding carboxylic acids is 1. The van der Waals surface area contributed by atoms with Gasteiger partial charge in [-0.3, -0.25) is 9.69 Å². The summed E-state index contributed by atoms with van der Waals surface area (Å²) < 4.78 is 0. The molecule has 3 atom stereocenters. The molecule has 2 heterocycles. The predicted octanol–water partition coefficient (Wildman–Crippen LogP) is 2.65. The molecule has 0 spiro atoms. The van der Waals surface area contributed by atoms with E-state index in [1.807, 2.05) is 18.4 Å². The second-order valence-electron chi connectivity index (χ2n) is 7.41. The Bertz CT molecular complexity index is 479. The van der Waals surface area contributed by atoms with E-state index in [-0.39, 0.29) is 23.5 Å². The van der Waals surface area contributed by atoms with Gasteiger partial charge in [0.05, 0.1) is 18.7 Å². The van der Waals surface area contributed by atoms with Crippen LogP contribution in [0.5, 0.6) is 0 Å². The summed E-state index contributed by atoms with van der Waals surface area (Å²) in [5, 5.41) is 14.9. The van der Waals surface area contributed by atoms with Crippen LogP contribution in [0, 0.1) is 11.3 Å². The molecule has 1 fully saturated rings. The highest BCUT2D eigenvalue weighted by Gasteiger charge is 2.31. The molecule has 5 heteroatoms. The maximum absolute atomic E-state index is 12.4. The van der Waals surface area contributed by atoms with E-state index >= 15 is 0 Å². The first kappa shape index (κ1) is 17.4. The average molecular weight is 324 g/mol. The van der Waals surface area contributed by atoms with E-state index in [9.17, 15) is 9.90 Å². The quantitative estimate of drug-likeness (QED) is 0.875. The molecular formula is C17H28N2O2S. The molecule has 4 nitrogen and oxygen atoms in total. The molecule has 1 saturated heterocycles. The smallest absolute Gasteiger partial charge is 0.234 e. The molecule has 124 valence electrons. The van der Waals surface area contributed by atoms with E-state index < -0.39 is 0 Å². The molecule has 1 aliphatic heterocycles. The number of hydrogen-bond acceptors (Lipinski definition) is 4. The maximum atomic E-state index is 12.4. The van der Waals surface area contributed by atoms with Crippen LogP contribution in [0.2, 0.25) is 0 Å². The van der Waals surface area contributed by atoms with Gasteiger partial charge < -0.3 is 10.4 Å². The topological polar surface area (TPSA) is 52.6 Å². The van der Waals surface area contributed by atoms with Crippen LogP contribution >= 0.6 is 11.3 Å². The summed E-state index contributed by atoms with van der Waals surface area (Å²) in [6.45, 7) is 10.4. The van der Waals surface area contributed by atoms with Crippen molar-refractivity contribution in [2.24, 2.45) is 11.3 Å². The van der Waals surface area contributed by atoms with Crippen molar-refractivity contribution in [1.82, 2.24) is 10.2 Å². The standard InChI is InChI=1S/C17H28N2O2S/c1-12(20)13-7-8-19(10-13)11-15(21)18-16(17(2,3)4)14-6-5-9-22-14/h5-6,9,12-13,16,20H,7-8,10-11H2,1-4H3,(H,18,21). The third-order valence-electron chi connectivity index (χ3n) is 4.36. The lowest BCUT2D eigenvalue weighted by Crippen LogP contribution is -2.42. The number of aliphatic hydroxyl groups is 1. The number of carbonyl (C=O) groups is 1. The number of aliphatic hydroxyl groups excluding tert-OH is 1. The monoisotopic (exact) mass is 324 g/mol. The number of thiophene rings is 1. The molecule has 2 rings (SSSR count). The Kier molecular flexibility index (Phi) is 5.64. The van der Waals surface area contributed by atoms with E-state index in [1.165, 1.54) is 4.88 Å². The Morgan fingerprint density at radius 1 is 1.55 bits per heavy atom. The summed E-state index contributed by atoms with van der Waals surface area (Å²) in [7, 11) is 0. The van der Waals surface area contributed by atoms with Crippen molar-refractivity contribution in [3.8, 4) is 0 Å². The number of nitrogens with one attached hydrogen (secondary N) is 1. The predicted molar refractivity (Wildman–Crippen MR) is 90.9 cm³/mol. The van der Waals surface area contributed by atoms with Gasteiger partial charge in [-0.2, -0.15) is 0 Å². The Balaban J connectivity index is 1.92. The van der Waals surface area contributed by atoms with Gasteiger partial charge in [0, 0.05) is 11.4 Å². The lowest BCUT2D eigenvalue weighted by atomic mass is 9.85. The summed E-state index contributed by atoms with van der Waals surface area (Å²) in [4.78, 5) is 15.8. The van der Waals surface area contributed by atoms with Gasteiger partial charge in [0.15, 0.2) is 0 Å². The molecule has 0 radical (unpaired) electrons. The molecule has 1 aliphatic rings. The first-order valence-electron chi connectivity index (χ1n) is 8.00. The highest BCUT2D eigenvalue weighted by molar-refractivity contribution is 7.10. The Labute approximate surface area is 137 Å². The Hall–Kier alpha value is -0.910. The second kappa shape index (κ2) is 7.11. The Morgan fingerprint density at radius 3 is 2.77 bits per heavy atom. The maximum Gasteiger partial charge on any atom is 0.234 e. The molecule has 0 aromatic carbocycles. The van der Waals surface area contributed by atoms with Crippen LogP contribution in [0.1, 0.15) is 45.0 Å². The van der Waals surface area contributed by atoms with E-state index in [0.29, 0.717) is 12.5 Å². The second-order valence-corrected chi connectivity index (χ2v) is 8.39. The zero-order chi connectivity index (χ0) is 16.3. The molecule has 1 aromatic heterocycles. The average Bonchev–Trinajstić information content (AvgIpc) is 3.05. The third kappa shape index (κ3) is 4.54. The zero-order valence-corrected chi connectivity index (χ0v) is 14.8. The summed E-state index contributed by atoms with van der Waals surface area (Å²) in [6, 6.07) is 4.15. The van der Waals surface area contributed by atoms with Crippen molar-refractivity contribution in [3.05, 3.63) is 22.4 Å². The van der Waals surface area contributed by atoms with Crippen LogP contribution in [0.3, 0.4) is 0 Å². The van der Waals surface area contributed by atoms with Gasteiger partial charge in [0.25, 0.3) is 0 Å². The van der Waals surface area contributed by atoms with Crippen LogP contribution in [0.15, 0.2) is 17.5 Å². The van der Waals surface area contributed by atoms with Crippen molar-refractivity contribution >= 4 is 17.2 Å². The van der Waals surface area contributed by atoms with Gasteiger partial charge in [-0.1, -0.05) is 26.8 Å². The first-order chi connectivity index (χ1) is 10.3. The summed E-state index contributed by atoms with van der Waals surface area (Å²) in [6.07, 6.45) is 0.681. The molecular weight excluding hydrogens is 296 g/mol. The van der Waals surface area contributed by atoms with Gasteiger partial charge >= 0.3 is 0 Å². The van der Waals surface area contributed by atoms with Crippen LogP contribution in [-0.2, 0) is 4.79 Å². The Morgan fingerprint density at radius 2 is 2.27 bits per heavy atom. The SMILES string of the molecule is CC(O)C1CCN(CC(=O)NC(c2cccs2)C(C)(C)C)C1. The molecule has 0 aliphatic carbocycles.